The number of alkyl halides is 1. The SMILES string of the molecule is O=C(NCC1(CCl)CC1)c1cccc(Cl)c1. The van der Waals surface area contributed by atoms with E-state index in [2.05, 4.69) is 5.32 Å². The Morgan fingerprint density at radius 2 is 2.19 bits per heavy atom. The van der Waals surface area contributed by atoms with Crippen molar-refractivity contribution in [2.75, 3.05) is 12.4 Å². The number of carbonyl (C=O) groups is 1. The number of hydrogen-bond acceptors (Lipinski definition) is 1. The Labute approximate surface area is 105 Å². The average Bonchev–Trinajstić information content (AvgIpc) is 3.07. The molecule has 16 heavy (non-hydrogen) atoms. The Kier molecular flexibility index (Phi) is 3.41. The van der Waals surface area contributed by atoms with Crippen LogP contribution in [-0.4, -0.2) is 18.3 Å². The fourth-order valence-electron chi connectivity index (χ4n) is 1.53. The van der Waals surface area contributed by atoms with Crippen LogP contribution in [0.25, 0.3) is 0 Å². The maximum atomic E-state index is 11.8. The van der Waals surface area contributed by atoms with Gasteiger partial charge in [-0.25, -0.2) is 0 Å². The van der Waals surface area contributed by atoms with Crippen molar-refractivity contribution in [1.29, 1.82) is 0 Å². The smallest absolute Gasteiger partial charge is 0.251 e. The van der Waals surface area contributed by atoms with Gasteiger partial charge in [-0.15, -0.1) is 11.6 Å². The highest BCUT2D eigenvalue weighted by atomic mass is 35.5. The fraction of sp³-hybridized carbons (Fsp3) is 0.417. The number of halogens is 2. The highest BCUT2D eigenvalue weighted by Crippen LogP contribution is 2.45. The molecule has 86 valence electrons. The first-order valence-corrected chi connectivity index (χ1v) is 6.16. The Morgan fingerprint density at radius 1 is 1.44 bits per heavy atom. The van der Waals surface area contributed by atoms with Crippen molar-refractivity contribution in [3.8, 4) is 0 Å². The van der Waals surface area contributed by atoms with Crippen LogP contribution >= 0.6 is 23.2 Å². The first-order chi connectivity index (χ1) is 7.65. The predicted molar refractivity (Wildman–Crippen MR) is 66.2 cm³/mol. The number of carbonyl (C=O) groups excluding carboxylic acids is 1. The lowest BCUT2D eigenvalue weighted by Gasteiger charge is -2.12. The lowest BCUT2D eigenvalue weighted by Crippen LogP contribution is -2.30. The van der Waals surface area contributed by atoms with E-state index < -0.39 is 0 Å². The van der Waals surface area contributed by atoms with Crippen LogP contribution in [0.3, 0.4) is 0 Å². The molecule has 1 amide bonds. The molecule has 0 spiro atoms. The summed E-state index contributed by atoms with van der Waals surface area (Å²) in [5.41, 5.74) is 0.744. The lowest BCUT2D eigenvalue weighted by atomic mass is 10.1. The van der Waals surface area contributed by atoms with E-state index in [1.54, 1.807) is 24.3 Å². The van der Waals surface area contributed by atoms with Crippen molar-refractivity contribution < 1.29 is 4.79 Å². The molecular formula is C12H13Cl2NO. The quantitative estimate of drug-likeness (QED) is 0.826. The summed E-state index contributed by atoms with van der Waals surface area (Å²) in [4.78, 5) is 11.8. The summed E-state index contributed by atoms with van der Waals surface area (Å²) in [6.07, 6.45) is 2.21. The van der Waals surface area contributed by atoms with Gasteiger partial charge in [-0.05, 0) is 31.0 Å². The van der Waals surface area contributed by atoms with E-state index in [4.69, 9.17) is 23.2 Å². The normalized spacial score (nSPS) is 16.9. The number of benzene rings is 1. The average molecular weight is 258 g/mol. The van der Waals surface area contributed by atoms with Gasteiger partial charge < -0.3 is 5.32 Å². The summed E-state index contributed by atoms with van der Waals surface area (Å²) in [5, 5.41) is 3.47. The summed E-state index contributed by atoms with van der Waals surface area (Å²) in [7, 11) is 0. The van der Waals surface area contributed by atoms with Gasteiger partial charge in [0.1, 0.15) is 0 Å². The molecule has 0 aromatic heterocycles. The zero-order valence-corrected chi connectivity index (χ0v) is 10.3. The number of nitrogens with one attached hydrogen (secondary N) is 1. The fourth-order valence-corrected chi connectivity index (χ4v) is 2.09. The van der Waals surface area contributed by atoms with E-state index >= 15 is 0 Å². The summed E-state index contributed by atoms with van der Waals surface area (Å²) in [5.74, 6) is 0.530. The topological polar surface area (TPSA) is 29.1 Å². The minimum Gasteiger partial charge on any atom is -0.351 e. The molecule has 1 fully saturated rings. The number of amides is 1. The summed E-state index contributed by atoms with van der Waals surface area (Å²) < 4.78 is 0. The van der Waals surface area contributed by atoms with Gasteiger partial charge in [-0.3, -0.25) is 4.79 Å². The second-order valence-corrected chi connectivity index (χ2v) is 5.03. The van der Waals surface area contributed by atoms with Gasteiger partial charge in [-0.1, -0.05) is 17.7 Å². The van der Waals surface area contributed by atoms with Crippen LogP contribution in [0.15, 0.2) is 24.3 Å². The van der Waals surface area contributed by atoms with Crippen LogP contribution in [0.5, 0.6) is 0 Å². The Balaban J connectivity index is 1.93. The highest BCUT2D eigenvalue weighted by Gasteiger charge is 2.41. The molecule has 4 heteroatoms. The van der Waals surface area contributed by atoms with E-state index in [-0.39, 0.29) is 11.3 Å². The van der Waals surface area contributed by atoms with Gasteiger partial charge in [0, 0.05) is 28.4 Å². The van der Waals surface area contributed by atoms with Gasteiger partial charge in [0.25, 0.3) is 5.91 Å². The molecule has 1 aliphatic carbocycles. The Bertz CT molecular complexity index is 402. The molecule has 2 rings (SSSR count). The second kappa shape index (κ2) is 4.64. The van der Waals surface area contributed by atoms with Gasteiger partial charge in [0.15, 0.2) is 0 Å². The minimum absolute atomic E-state index is 0.0844. The molecule has 0 atom stereocenters. The minimum atomic E-state index is -0.0844. The van der Waals surface area contributed by atoms with E-state index in [1.165, 1.54) is 0 Å². The second-order valence-electron chi connectivity index (χ2n) is 4.33. The van der Waals surface area contributed by atoms with Gasteiger partial charge >= 0.3 is 0 Å². The zero-order valence-electron chi connectivity index (χ0n) is 8.80. The van der Waals surface area contributed by atoms with Gasteiger partial charge in [0.05, 0.1) is 0 Å². The molecule has 2 nitrogen and oxygen atoms in total. The summed E-state index contributed by atoms with van der Waals surface area (Å²) in [6, 6.07) is 6.93. The molecule has 0 bridgehead atoms. The Morgan fingerprint density at radius 3 is 2.75 bits per heavy atom. The maximum absolute atomic E-state index is 11.8. The molecule has 0 unspecified atom stereocenters. The van der Waals surface area contributed by atoms with Crippen LogP contribution in [0, 0.1) is 5.41 Å². The molecule has 0 aliphatic heterocycles. The highest BCUT2D eigenvalue weighted by molar-refractivity contribution is 6.30. The van der Waals surface area contributed by atoms with Crippen molar-refractivity contribution in [3.63, 3.8) is 0 Å². The third-order valence-corrected chi connectivity index (χ3v) is 3.75. The largest absolute Gasteiger partial charge is 0.351 e. The van der Waals surface area contributed by atoms with Crippen molar-refractivity contribution in [2.45, 2.75) is 12.8 Å². The molecule has 0 radical (unpaired) electrons. The lowest BCUT2D eigenvalue weighted by molar-refractivity contribution is 0.0946. The maximum Gasteiger partial charge on any atom is 0.251 e. The molecule has 0 saturated heterocycles. The third kappa shape index (κ3) is 2.69. The molecule has 1 N–H and O–H groups in total. The van der Waals surface area contributed by atoms with Crippen molar-refractivity contribution in [1.82, 2.24) is 5.32 Å². The van der Waals surface area contributed by atoms with E-state index in [1.807, 2.05) is 0 Å². The van der Waals surface area contributed by atoms with Crippen LogP contribution in [-0.2, 0) is 0 Å². The van der Waals surface area contributed by atoms with E-state index in [0.717, 1.165) is 12.8 Å². The molecule has 0 heterocycles. The summed E-state index contributed by atoms with van der Waals surface area (Å²) in [6.45, 7) is 0.655. The number of hydrogen-bond donors (Lipinski definition) is 1. The first-order valence-electron chi connectivity index (χ1n) is 5.25. The van der Waals surface area contributed by atoms with E-state index in [0.29, 0.717) is 23.0 Å². The molecule has 1 aromatic carbocycles. The van der Waals surface area contributed by atoms with Crippen molar-refractivity contribution in [3.05, 3.63) is 34.9 Å². The van der Waals surface area contributed by atoms with Crippen LogP contribution in [0.4, 0.5) is 0 Å². The predicted octanol–water partition coefficient (Wildman–Crippen LogP) is 3.09. The van der Waals surface area contributed by atoms with Crippen molar-refractivity contribution >= 4 is 29.1 Å². The summed E-state index contributed by atoms with van der Waals surface area (Å²) >= 11 is 11.7. The molecule has 1 aliphatic rings. The standard InChI is InChI=1S/C12H13Cl2NO/c13-7-12(4-5-12)8-15-11(16)9-2-1-3-10(14)6-9/h1-3,6H,4-5,7-8H2,(H,15,16). The first kappa shape index (κ1) is 11.7. The van der Waals surface area contributed by atoms with Gasteiger partial charge in [0.2, 0.25) is 0 Å². The van der Waals surface area contributed by atoms with E-state index in [9.17, 15) is 4.79 Å². The van der Waals surface area contributed by atoms with Crippen LogP contribution in [0.2, 0.25) is 5.02 Å². The molecular weight excluding hydrogens is 245 g/mol. The van der Waals surface area contributed by atoms with Crippen molar-refractivity contribution in [2.24, 2.45) is 5.41 Å². The molecule has 1 saturated carbocycles. The Hall–Kier alpha value is -0.730. The zero-order chi connectivity index (χ0) is 11.6. The number of rotatable bonds is 4. The monoisotopic (exact) mass is 257 g/mol. The molecule has 1 aromatic rings. The van der Waals surface area contributed by atoms with Crippen LogP contribution in [0.1, 0.15) is 23.2 Å². The van der Waals surface area contributed by atoms with Crippen LogP contribution < -0.4 is 5.32 Å². The third-order valence-electron chi connectivity index (χ3n) is 2.95. The van der Waals surface area contributed by atoms with Gasteiger partial charge in [-0.2, -0.15) is 0 Å².